The Bertz CT molecular complexity index is 1250. The number of allylic oxidation sites excluding steroid dienone is 1. The first-order valence-corrected chi connectivity index (χ1v) is 15.6. The molecule has 1 aromatic rings. The zero-order valence-corrected chi connectivity index (χ0v) is 26.6. The molecule has 3 saturated heterocycles. The number of fused-ring (bicyclic) bond motifs is 1. The minimum atomic E-state index is -1.22. The number of ether oxygens (including phenoxy) is 2. The fourth-order valence-corrected chi connectivity index (χ4v) is 7.18. The van der Waals surface area contributed by atoms with Gasteiger partial charge in [0.15, 0.2) is 0 Å². The van der Waals surface area contributed by atoms with Crippen LogP contribution in [0.1, 0.15) is 65.0 Å². The summed E-state index contributed by atoms with van der Waals surface area (Å²) in [6.45, 7) is 14.7. The predicted molar refractivity (Wildman–Crippen MR) is 165 cm³/mol. The first-order chi connectivity index (χ1) is 20.9. The largest absolute Gasteiger partial charge is 0.455 e. The molecule has 3 heterocycles. The molecule has 1 spiro atoms. The number of esters is 1. The molecule has 4 rings (SSSR count). The summed E-state index contributed by atoms with van der Waals surface area (Å²) >= 11 is 0. The number of carbonyl (C=O) groups excluding carboxylic acids is 4. The summed E-state index contributed by atoms with van der Waals surface area (Å²) in [4.78, 5) is 60.1. The molecule has 1 aromatic carbocycles. The number of amides is 3. The average Bonchev–Trinajstić information content (AvgIpc) is 3.67. The van der Waals surface area contributed by atoms with Crippen LogP contribution in [0.3, 0.4) is 0 Å². The van der Waals surface area contributed by atoms with E-state index in [2.05, 4.69) is 13.2 Å². The number of aliphatic hydroxyl groups excluding tert-OH is 1. The van der Waals surface area contributed by atoms with Gasteiger partial charge in [0.1, 0.15) is 17.7 Å². The van der Waals surface area contributed by atoms with Gasteiger partial charge < -0.3 is 29.3 Å². The van der Waals surface area contributed by atoms with Gasteiger partial charge in [-0.3, -0.25) is 19.2 Å². The number of likely N-dealkylation sites (tertiary alicyclic amines) is 1. The lowest BCUT2D eigenvalue weighted by Crippen LogP contribution is -2.59. The van der Waals surface area contributed by atoms with E-state index in [1.165, 1.54) is 4.90 Å². The van der Waals surface area contributed by atoms with Crippen molar-refractivity contribution < 1.29 is 33.8 Å². The van der Waals surface area contributed by atoms with Crippen molar-refractivity contribution in [3.8, 4) is 0 Å². The lowest BCUT2D eigenvalue weighted by atomic mass is 9.70. The summed E-state index contributed by atoms with van der Waals surface area (Å²) in [5.41, 5.74) is -0.500. The third-order valence-electron chi connectivity index (χ3n) is 9.59. The Kier molecular flexibility index (Phi) is 10.4. The molecule has 0 aromatic heterocycles. The highest BCUT2D eigenvalue weighted by atomic mass is 16.6. The zero-order valence-electron chi connectivity index (χ0n) is 26.6. The molecular weight excluding hydrogens is 562 g/mol. The lowest BCUT2D eigenvalue weighted by Gasteiger charge is -2.39. The van der Waals surface area contributed by atoms with E-state index < -0.39 is 59.6 Å². The van der Waals surface area contributed by atoms with Crippen LogP contribution in [0.2, 0.25) is 0 Å². The van der Waals surface area contributed by atoms with Crippen molar-refractivity contribution >= 4 is 23.7 Å². The summed E-state index contributed by atoms with van der Waals surface area (Å²) in [5.74, 6) is -3.26. The number of hydrogen-bond donors (Lipinski definition) is 1. The van der Waals surface area contributed by atoms with Gasteiger partial charge in [-0.15, -0.1) is 13.2 Å². The number of hydrogen-bond acceptors (Lipinski definition) is 7. The molecule has 3 fully saturated rings. The van der Waals surface area contributed by atoms with Crippen molar-refractivity contribution in [1.82, 2.24) is 14.7 Å². The molecule has 8 atom stereocenters. The van der Waals surface area contributed by atoms with E-state index >= 15 is 0 Å². The van der Waals surface area contributed by atoms with E-state index in [4.69, 9.17) is 9.47 Å². The molecule has 10 nitrogen and oxygen atoms in total. The normalized spacial score (nSPS) is 27.4. The van der Waals surface area contributed by atoms with Gasteiger partial charge in [-0.2, -0.15) is 0 Å². The third-order valence-corrected chi connectivity index (χ3v) is 9.59. The van der Waals surface area contributed by atoms with Gasteiger partial charge in [0.2, 0.25) is 17.7 Å². The van der Waals surface area contributed by atoms with Crippen LogP contribution in [0.15, 0.2) is 55.6 Å². The van der Waals surface area contributed by atoms with Gasteiger partial charge in [-0.25, -0.2) is 0 Å². The highest BCUT2D eigenvalue weighted by Crippen LogP contribution is 2.59. The molecule has 240 valence electrons. The number of carbonyl (C=O) groups is 4. The van der Waals surface area contributed by atoms with Crippen LogP contribution in [0.5, 0.6) is 0 Å². The molecule has 0 saturated carbocycles. The first-order valence-electron chi connectivity index (χ1n) is 15.6. The summed E-state index contributed by atoms with van der Waals surface area (Å²) in [7, 11) is 1.68. The van der Waals surface area contributed by atoms with Crippen LogP contribution in [-0.4, -0.2) is 99.6 Å². The zero-order chi connectivity index (χ0) is 32.3. The SMILES string of the molecule is C=CCCC(=O)N(C)[C@H](C)[C@H](OC(=O)[C@@H]1[C@@H]2CC[C@]3(O2)[C@H](C(=O)N(CC=C)C(C)C)N([C@H](C)CO)C(=O)[C@@H]13)c1ccccc1. The van der Waals surface area contributed by atoms with Crippen molar-refractivity contribution in [3.63, 3.8) is 0 Å². The molecule has 0 aliphatic carbocycles. The maximum Gasteiger partial charge on any atom is 0.313 e. The van der Waals surface area contributed by atoms with Gasteiger partial charge in [-0.05, 0) is 52.5 Å². The molecule has 1 N–H and O–H groups in total. The van der Waals surface area contributed by atoms with Crippen molar-refractivity contribution in [2.24, 2.45) is 11.8 Å². The monoisotopic (exact) mass is 609 g/mol. The van der Waals surface area contributed by atoms with Gasteiger partial charge in [0, 0.05) is 26.1 Å². The number of likely N-dealkylation sites (N-methyl/N-ethyl adjacent to an activating group) is 1. The summed E-state index contributed by atoms with van der Waals surface area (Å²) in [5, 5.41) is 10.1. The maximum atomic E-state index is 14.2. The summed E-state index contributed by atoms with van der Waals surface area (Å²) in [6.07, 6.45) is 3.66. The second-order valence-corrected chi connectivity index (χ2v) is 12.5. The first kappa shape index (κ1) is 33.4. The van der Waals surface area contributed by atoms with Crippen molar-refractivity contribution in [2.75, 3.05) is 20.2 Å². The molecule has 3 aliphatic rings. The Morgan fingerprint density at radius 1 is 1.16 bits per heavy atom. The highest BCUT2D eigenvalue weighted by Gasteiger charge is 2.75. The fraction of sp³-hybridized carbons (Fsp3) is 0.588. The number of benzene rings is 1. The van der Waals surface area contributed by atoms with E-state index in [0.717, 1.165) is 0 Å². The molecule has 2 bridgehead atoms. The lowest BCUT2D eigenvalue weighted by molar-refractivity contribution is -0.165. The second kappa shape index (κ2) is 13.6. The standard InChI is InChI=1S/C34H47N3O7/c1-8-10-16-26(39)35(7)23(6)29(24-14-12-11-13-15-24)43-33(42)27-25-17-18-34(44-25)28(27)31(40)37(22(5)20-38)30(34)32(41)36(19-9-2)21(3)4/h8-9,11-15,21-23,25,27-30,38H,1-2,10,16-20H2,3-7H3/t22-,23-,25+,27-,28-,29+,30+,34-/m1/s1. The van der Waals surface area contributed by atoms with Crippen LogP contribution in [0, 0.1) is 11.8 Å². The predicted octanol–water partition coefficient (Wildman–Crippen LogP) is 3.26. The third kappa shape index (κ3) is 5.81. The van der Waals surface area contributed by atoms with E-state index in [1.54, 1.807) is 35.9 Å². The number of rotatable bonds is 14. The minimum absolute atomic E-state index is 0.105. The van der Waals surface area contributed by atoms with Crippen LogP contribution >= 0.6 is 0 Å². The van der Waals surface area contributed by atoms with Crippen molar-refractivity contribution in [2.45, 2.75) is 95.4 Å². The number of nitrogens with zero attached hydrogens (tertiary/aromatic N) is 3. The fourth-order valence-electron chi connectivity index (χ4n) is 7.18. The molecule has 3 aliphatic heterocycles. The van der Waals surface area contributed by atoms with Crippen LogP contribution in [0.4, 0.5) is 0 Å². The van der Waals surface area contributed by atoms with Gasteiger partial charge in [-0.1, -0.05) is 42.5 Å². The van der Waals surface area contributed by atoms with Crippen LogP contribution in [-0.2, 0) is 28.7 Å². The molecular formula is C34H47N3O7. The minimum Gasteiger partial charge on any atom is -0.455 e. The van der Waals surface area contributed by atoms with E-state index in [9.17, 15) is 24.3 Å². The van der Waals surface area contributed by atoms with Crippen LogP contribution < -0.4 is 0 Å². The Morgan fingerprint density at radius 2 is 1.84 bits per heavy atom. The quantitative estimate of drug-likeness (QED) is 0.254. The topological polar surface area (TPSA) is 117 Å². The van der Waals surface area contributed by atoms with Crippen LogP contribution in [0.25, 0.3) is 0 Å². The van der Waals surface area contributed by atoms with Gasteiger partial charge in [0.25, 0.3) is 0 Å². The molecule has 10 heteroatoms. The Balaban J connectivity index is 1.69. The van der Waals surface area contributed by atoms with Gasteiger partial charge in [0.05, 0.1) is 36.6 Å². The molecule has 0 radical (unpaired) electrons. The Labute approximate surface area is 260 Å². The van der Waals surface area contributed by atoms with E-state index in [0.29, 0.717) is 24.8 Å². The average molecular weight is 610 g/mol. The Hall–Kier alpha value is -3.50. The summed E-state index contributed by atoms with van der Waals surface area (Å²) in [6, 6.07) is 6.88. The molecule has 0 unspecified atom stereocenters. The van der Waals surface area contributed by atoms with Gasteiger partial charge >= 0.3 is 5.97 Å². The van der Waals surface area contributed by atoms with Crippen molar-refractivity contribution in [1.29, 1.82) is 0 Å². The maximum absolute atomic E-state index is 14.2. The smallest absolute Gasteiger partial charge is 0.313 e. The van der Waals surface area contributed by atoms with Crippen molar-refractivity contribution in [3.05, 3.63) is 61.2 Å². The highest BCUT2D eigenvalue weighted by molar-refractivity contribution is 5.98. The molecule has 44 heavy (non-hydrogen) atoms. The Morgan fingerprint density at radius 3 is 2.43 bits per heavy atom. The van der Waals surface area contributed by atoms with E-state index in [-0.39, 0.29) is 37.4 Å². The van der Waals surface area contributed by atoms with E-state index in [1.807, 2.05) is 51.1 Å². The summed E-state index contributed by atoms with van der Waals surface area (Å²) < 4.78 is 12.8. The number of aliphatic hydroxyl groups is 1. The second-order valence-electron chi connectivity index (χ2n) is 12.5. The molecule has 3 amide bonds.